The van der Waals surface area contributed by atoms with Crippen LogP contribution in [0, 0.1) is 11.7 Å². The van der Waals surface area contributed by atoms with Gasteiger partial charge in [-0.05, 0) is 30.2 Å². The molecule has 0 bridgehead atoms. The molecule has 1 unspecified atom stereocenters. The monoisotopic (exact) mass is 299 g/mol. The number of amides is 1. The molecular weight excluding hydrogens is 285 g/mol. The van der Waals surface area contributed by atoms with E-state index in [0.29, 0.717) is 12.0 Å². The van der Waals surface area contributed by atoms with Crippen LogP contribution in [0.5, 0.6) is 0 Å². The predicted molar refractivity (Wildman–Crippen MR) is 74.9 cm³/mol. The lowest BCUT2D eigenvalue weighted by Crippen LogP contribution is -2.31. The van der Waals surface area contributed by atoms with E-state index in [4.69, 9.17) is 16.7 Å². The fraction of sp³-hybridized carbons (Fsp3) is 0.286. The van der Waals surface area contributed by atoms with Crippen molar-refractivity contribution in [1.29, 1.82) is 0 Å². The molecule has 0 aromatic heterocycles. The number of carbonyl (C=O) groups is 2. The molecule has 1 aromatic rings. The zero-order valence-corrected chi connectivity index (χ0v) is 11.7. The van der Waals surface area contributed by atoms with E-state index in [0.717, 1.165) is 0 Å². The van der Waals surface area contributed by atoms with E-state index in [1.807, 2.05) is 0 Å². The highest BCUT2D eigenvalue weighted by Crippen LogP contribution is 2.16. The number of carboxylic acids is 1. The van der Waals surface area contributed by atoms with Crippen LogP contribution < -0.4 is 5.32 Å². The topological polar surface area (TPSA) is 66.4 Å². The average Bonchev–Trinajstić information content (AvgIpc) is 2.40. The zero-order chi connectivity index (χ0) is 15.1. The second kappa shape index (κ2) is 7.65. The molecule has 0 saturated heterocycles. The van der Waals surface area contributed by atoms with E-state index in [1.165, 1.54) is 30.4 Å². The lowest BCUT2D eigenvalue weighted by Gasteiger charge is -2.09. The lowest BCUT2D eigenvalue weighted by atomic mass is 10.1. The molecule has 0 aliphatic heterocycles. The smallest absolute Gasteiger partial charge is 0.308 e. The molecule has 1 amide bonds. The molecule has 1 aromatic carbocycles. The van der Waals surface area contributed by atoms with Crippen molar-refractivity contribution in [3.63, 3.8) is 0 Å². The number of aliphatic carboxylic acids is 1. The quantitative estimate of drug-likeness (QED) is 0.794. The van der Waals surface area contributed by atoms with Gasteiger partial charge in [-0.2, -0.15) is 0 Å². The molecule has 0 spiro atoms. The molecule has 2 N–H and O–H groups in total. The Morgan fingerprint density at radius 2 is 2.20 bits per heavy atom. The summed E-state index contributed by atoms with van der Waals surface area (Å²) in [6.07, 6.45) is 3.16. The molecule has 0 radical (unpaired) electrons. The summed E-state index contributed by atoms with van der Waals surface area (Å²) in [5, 5.41) is 11.3. The standard InChI is InChI=1S/C14H15ClFNO3/c1-2-10(14(19)20)8-17-13(18)6-4-9-3-5-12(16)11(15)7-9/h3-7,10H,2,8H2,1H3,(H,17,18)(H,19,20). The van der Waals surface area contributed by atoms with Crippen LogP contribution in [0.25, 0.3) is 6.08 Å². The van der Waals surface area contributed by atoms with Crippen molar-refractivity contribution in [3.8, 4) is 0 Å². The second-order valence-corrected chi connectivity index (χ2v) is 4.60. The number of rotatable bonds is 6. The average molecular weight is 300 g/mol. The van der Waals surface area contributed by atoms with Crippen LogP contribution in [0.1, 0.15) is 18.9 Å². The Morgan fingerprint density at radius 1 is 1.50 bits per heavy atom. The molecular formula is C14H15ClFNO3. The fourth-order valence-corrected chi connectivity index (χ4v) is 1.67. The Bertz CT molecular complexity index is 531. The third-order valence-electron chi connectivity index (χ3n) is 2.74. The Hall–Kier alpha value is -1.88. The van der Waals surface area contributed by atoms with E-state index >= 15 is 0 Å². The van der Waals surface area contributed by atoms with Crippen molar-refractivity contribution in [3.05, 3.63) is 40.7 Å². The maximum absolute atomic E-state index is 12.9. The summed E-state index contributed by atoms with van der Waals surface area (Å²) in [4.78, 5) is 22.3. The first kappa shape index (κ1) is 16.2. The van der Waals surface area contributed by atoms with Crippen molar-refractivity contribution in [2.45, 2.75) is 13.3 Å². The number of halogens is 2. The van der Waals surface area contributed by atoms with E-state index in [-0.39, 0.29) is 11.6 Å². The number of carboxylic acid groups (broad SMARTS) is 1. The number of carbonyl (C=O) groups excluding carboxylic acids is 1. The molecule has 0 heterocycles. The first-order valence-electron chi connectivity index (χ1n) is 6.07. The van der Waals surface area contributed by atoms with Gasteiger partial charge in [-0.15, -0.1) is 0 Å². The number of hydrogen-bond acceptors (Lipinski definition) is 2. The summed E-state index contributed by atoms with van der Waals surface area (Å²) in [5.41, 5.74) is 0.580. The maximum atomic E-state index is 12.9. The van der Waals surface area contributed by atoms with Crippen molar-refractivity contribution in [1.82, 2.24) is 5.32 Å². The molecule has 4 nitrogen and oxygen atoms in total. The first-order chi connectivity index (χ1) is 9.43. The number of nitrogens with one attached hydrogen (secondary N) is 1. The normalized spacial score (nSPS) is 12.3. The zero-order valence-electron chi connectivity index (χ0n) is 10.9. The Labute approximate surface area is 121 Å². The third kappa shape index (κ3) is 5.01. The van der Waals surface area contributed by atoms with E-state index in [1.54, 1.807) is 6.92 Å². The Balaban J connectivity index is 2.55. The van der Waals surface area contributed by atoms with E-state index in [9.17, 15) is 14.0 Å². The van der Waals surface area contributed by atoms with Gasteiger partial charge in [0.1, 0.15) is 5.82 Å². The van der Waals surface area contributed by atoms with Gasteiger partial charge < -0.3 is 10.4 Å². The minimum atomic E-state index is -0.943. The second-order valence-electron chi connectivity index (χ2n) is 4.20. The van der Waals surface area contributed by atoms with Crippen LogP contribution in [0.3, 0.4) is 0 Å². The van der Waals surface area contributed by atoms with Crippen molar-refractivity contribution < 1.29 is 19.1 Å². The molecule has 0 saturated carbocycles. The van der Waals surface area contributed by atoms with Gasteiger partial charge in [0.15, 0.2) is 0 Å². The molecule has 6 heteroatoms. The van der Waals surface area contributed by atoms with E-state index in [2.05, 4.69) is 5.32 Å². The van der Waals surface area contributed by atoms with Gasteiger partial charge in [-0.3, -0.25) is 9.59 Å². The SMILES string of the molecule is CCC(CNC(=O)C=Cc1ccc(F)c(Cl)c1)C(=O)O. The predicted octanol–water partition coefficient (Wildman–Crippen LogP) is 2.72. The molecule has 108 valence electrons. The Kier molecular flexibility index (Phi) is 6.18. The van der Waals surface area contributed by atoms with Crippen LogP contribution in [-0.4, -0.2) is 23.5 Å². The summed E-state index contributed by atoms with van der Waals surface area (Å²) < 4.78 is 12.9. The summed E-state index contributed by atoms with van der Waals surface area (Å²) in [6, 6.07) is 4.08. The largest absolute Gasteiger partial charge is 0.481 e. The minimum Gasteiger partial charge on any atom is -0.481 e. The summed E-state index contributed by atoms with van der Waals surface area (Å²) in [5.74, 6) is -2.49. The highest BCUT2D eigenvalue weighted by atomic mass is 35.5. The maximum Gasteiger partial charge on any atom is 0.308 e. The molecule has 0 fully saturated rings. The van der Waals surface area contributed by atoms with Crippen LogP contribution in [0.2, 0.25) is 5.02 Å². The highest BCUT2D eigenvalue weighted by Gasteiger charge is 2.14. The van der Waals surface area contributed by atoms with Gasteiger partial charge >= 0.3 is 5.97 Å². The molecule has 1 rings (SSSR count). The van der Waals surface area contributed by atoms with Crippen LogP contribution in [-0.2, 0) is 9.59 Å². The molecule has 0 aliphatic carbocycles. The summed E-state index contributed by atoms with van der Waals surface area (Å²) in [6.45, 7) is 1.81. The first-order valence-corrected chi connectivity index (χ1v) is 6.45. The highest BCUT2D eigenvalue weighted by molar-refractivity contribution is 6.30. The molecule has 1 atom stereocenters. The number of benzene rings is 1. The van der Waals surface area contributed by atoms with Crippen molar-refractivity contribution in [2.75, 3.05) is 6.54 Å². The van der Waals surface area contributed by atoms with Crippen LogP contribution in [0.4, 0.5) is 4.39 Å². The Morgan fingerprint density at radius 3 is 2.75 bits per heavy atom. The van der Waals surface area contributed by atoms with Crippen molar-refractivity contribution in [2.24, 2.45) is 5.92 Å². The van der Waals surface area contributed by atoms with Crippen LogP contribution in [0.15, 0.2) is 24.3 Å². The third-order valence-corrected chi connectivity index (χ3v) is 3.03. The van der Waals surface area contributed by atoms with Crippen LogP contribution >= 0.6 is 11.6 Å². The molecule has 20 heavy (non-hydrogen) atoms. The minimum absolute atomic E-state index is 0.0236. The fourth-order valence-electron chi connectivity index (χ4n) is 1.48. The van der Waals surface area contributed by atoms with Gasteiger partial charge in [-0.25, -0.2) is 4.39 Å². The molecule has 0 aliphatic rings. The van der Waals surface area contributed by atoms with Gasteiger partial charge in [0.05, 0.1) is 10.9 Å². The van der Waals surface area contributed by atoms with Gasteiger partial charge in [0.2, 0.25) is 5.91 Å². The summed E-state index contributed by atoms with van der Waals surface area (Å²) in [7, 11) is 0. The van der Waals surface area contributed by atoms with Crippen molar-refractivity contribution >= 4 is 29.6 Å². The van der Waals surface area contributed by atoms with Gasteiger partial charge in [0, 0.05) is 12.6 Å². The van der Waals surface area contributed by atoms with Gasteiger partial charge in [-0.1, -0.05) is 24.6 Å². The number of hydrogen-bond donors (Lipinski definition) is 2. The van der Waals surface area contributed by atoms with Gasteiger partial charge in [0.25, 0.3) is 0 Å². The van der Waals surface area contributed by atoms with E-state index < -0.39 is 23.6 Å². The summed E-state index contributed by atoms with van der Waals surface area (Å²) >= 11 is 5.61. The lowest BCUT2D eigenvalue weighted by molar-refractivity contribution is -0.141.